The molecule has 0 aromatic heterocycles. The fourth-order valence-corrected chi connectivity index (χ4v) is 4.81. The van der Waals surface area contributed by atoms with Gasteiger partial charge in [-0.1, -0.05) is 26.2 Å². The molecular weight excluding hydrogens is 246 g/mol. The summed E-state index contributed by atoms with van der Waals surface area (Å²) in [4.78, 5) is 0. The van der Waals surface area contributed by atoms with Crippen LogP contribution in [0.25, 0.3) is 0 Å². The largest absolute Gasteiger partial charge is 0.375 e. The molecule has 2 heteroatoms. The lowest BCUT2D eigenvalue weighted by molar-refractivity contribution is -0.149. The predicted molar refractivity (Wildman–Crippen MR) is 83.9 cm³/mol. The van der Waals surface area contributed by atoms with E-state index in [0.717, 1.165) is 24.5 Å². The Morgan fingerprint density at radius 2 is 1.85 bits per heavy atom. The Bertz CT molecular complexity index is 294. The van der Waals surface area contributed by atoms with Gasteiger partial charge in [0.1, 0.15) is 0 Å². The summed E-state index contributed by atoms with van der Waals surface area (Å²) < 4.78 is 6.15. The van der Waals surface area contributed by atoms with Gasteiger partial charge in [0.25, 0.3) is 0 Å². The van der Waals surface area contributed by atoms with E-state index in [1.54, 1.807) is 0 Å². The molecule has 0 amide bonds. The SMILES string of the molecule is CCCNC(C1CCCCC1)C1CCOC2(CCC2)C1. The zero-order valence-corrected chi connectivity index (χ0v) is 13.3. The lowest BCUT2D eigenvalue weighted by Crippen LogP contribution is -2.52. The van der Waals surface area contributed by atoms with Crippen molar-refractivity contribution < 1.29 is 4.74 Å². The molecule has 2 nitrogen and oxygen atoms in total. The molecule has 0 bridgehead atoms. The van der Waals surface area contributed by atoms with Gasteiger partial charge in [0.05, 0.1) is 5.60 Å². The van der Waals surface area contributed by atoms with Crippen molar-refractivity contribution in [2.45, 2.75) is 89.2 Å². The molecule has 20 heavy (non-hydrogen) atoms. The Balaban J connectivity index is 1.63. The van der Waals surface area contributed by atoms with Gasteiger partial charge >= 0.3 is 0 Å². The standard InChI is InChI=1S/C18H33NO/c1-2-12-19-17(15-7-4-3-5-8-15)16-9-13-20-18(14-16)10-6-11-18/h15-17,19H,2-14H2,1H3. The lowest BCUT2D eigenvalue weighted by Gasteiger charge is -2.50. The summed E-state index contributed by atoms with van der Waals surface area (Å²) in [6, 6.07) is 0.775. The van der Waals surface area contributed by atoms with Gasteiger partial charge in [0.2, 0.25) is 0 Å². The summed E-state index contributed by atoms with van der Waals surface area (Å²) in [5.74, 6) is 1.81. The highest BCUT2D eigenvalue weighted by Crippen LogP contribution is 2.46. The Morgan fingerprint density at radius 1 is 1.05 bits per heavy atom. The number of hydrogen-bond acceptors (Lipinski definition) is 2. The average molecular weight is 279 g/mol. The van der Waals surface area contributed by atoms with Crippen molar-refractivity contribution in [2.24, 2.45) is 11.8 Å². The summed E-state index contributed by atoms with van der Waals surface area (Å²) in [6.07, 6.45) is 15.3. The number of nitrogens with one attached hydrogen (secondary N) is 1. The maximum atomic E-state index is 6.15. The molecule has 0 aromatic carbocycles. The molecule has 2 saturated carbocycles. The van der Waals surface area contributed by atoms with Crippen LogP contribution in [0.2, 0.25) is 0 Å². The van der Waals surface area contributed by atoms with Crippen molar-refractivity contribution in [3.05, 3.63) is 0 Å². The van der Waals surface area contributed by atoms with E-state index in [1.165, 1.54) is 77.2 Å². The van der Waals surface area contributed by atoms with Gasteiger partial charge in [-0.25, -0.2) is 0 Å². The molecule has 0 radical (unpaired) electrons. The van der Waals surface area contributed by atoms with Gasteiger partial charge in [-0.15, -0.1) is 0 Å². The second-order valence-electron chi connectivity index (χ2n) is 7.52. The third kappa shape index (κ3) is 3.22. The fraction of sp³-hybridized carbons (Fsp3) is 1.00. The Morgan fingerprint density at radius 3 is 2.50 bits per heavy atom. The first kappa shape index (κ1) is 14.8. The van der Waals surface area contributed by atoms with E-state index >= 15 is 0 Å². The third-order valence-corrected chi connectivity index (χ3v) is 6.09. The van der Waals surface area contributed by atoms with Crippen LogP contribution in [0.1, 0.15) is 77.6 Å². The van der Waals surface area contributed by atoms with Gasteiger partial charge < -0.3 is 10.1 Å². The molecule has 0 aromatic rings. The van der Waals surface area contributed by atoms with Crippen LogP contribution in [0.15, 0.2) is 0 Å². The number of hydrogen-bond donors (Lipinski definition) is 1. The van der Waals surface area contributed by atoms with E-state index in [0.29, 0.717) is 5.60 Å². The minimum Gasteiger partial charge on any atom is -0.375 e. The van der Waals surface area contributed by atoms with Crippen LogP contribution < -0.4 is 5.32 Å². The zero-order chi connectivity index (χ0) is 13.8. The van der Waals surface area contributed by atoms with Crippen LogP contribution in [0.3, 0.4) is 0 Å². The third-order valence-electron chi connectivity index (χ3n) is 6.09. The van der Waals surface area contributed by atoms with E-state index in [-0.39, 0.29) is 0 Å². The monoisotopic (exact) mass is 279 g/mol. The van der Waals surface area contributed by atoms with Crippen molar-refractivity contribution in [3.63, 3.8) is 0 Å². The second kappa shape index (κ2) is 6.79. The summed E-state index contributed by atoms with van der Waals surface area (Å²) in [7, 11) is 0. The maximum Gasteiger partial charge on any atom is 0.0685 e. The zero-order valence-electron chi connectivity index (χ0n) is 13.3. The molecule has 1 aliphatic heterocycles. The van der Waals surface area contributed by atoms with Crippen LogP contribution in [0, 0.1) is 11.8 Å². The first-order valence-corrected chi connectivity index (χ1v) is 9.20. The summed E-state index contributed by atoms with van der Waals surface area (Å²) in [5, 5.41) is 3.94. The number of rotatable bonds is 5. The molecule has 1 N–H and O–H groups in total. The summed E-state index contributed by atoms with van der Waals surface area (Å²) in [6.45, 7) is 4.51. The predicted octanol–water partition coefficient (Wildman–Crippen LogP) is 4.28. The smallest absolute Gasteiger partial charge is 0.0685 e. The second-order valence-corrected chi connectivity index (χ2v) is 7.52. The van der Waals surface area contributed by atoms with Crippen molar-refractivity contribution in [3.8, 4) is 0 Å². The molecule has 1 spiro atoms. The van der Waals surface area contributed by atoms with E-state index < -0.39 is 0 Å². The Kier molecular flexibility index (Phi) is 5.04. The molecule has 2 aliphatic carbocycles. The van der Waals surface area contributed by atoms with Gasteiger partial charge in [0, 0.05) is 12.6 Å². The highest BCUT2D eigenvalue weighted by Gasteiger charge is 2.45. The molecule has 3 rings (SSSR count). The van der Waals surface area contributed by atoms with Crippen molar-refractivity contribution in [2.75, 3.05) is 13.2 Å². The van der Waals surface area contributed by atoms with Crippen molar-refractivity contribution >= 4 is 0 Å². The maximum absolute atomic E-state index is 6.15. The topological polar surface area (TPSA) is 21.3 Å². The molecule has 2 unspecified atom stereocenters. The van der Waals surface area contributed by atoms with E-state index in [9.17, 15) is 0 Å². The van der Waals surface area contributed by atoms with Crippen LogP contribution in [0.5, 0.6) is 0 Å². The van der Waals surface area contributed by atoms with Gasteiger partial charge in [-0.2, -0.15) is 0 Å². The summed E-state index contributed by atoms with van der Waals surface area (Å²) in [5.41, 5.74) is 0.309. The average Bonchev–Trinajstić information content (AvgIpc) is 2.47. The molecule has 3 fully saturated rings. The van der Waals surface area contributed by atoms with Gasteiger partial charge in [0.15, 0.2) is 0 Å². The highest BCUT2D eigenvalue weighted by molar-refractivity contribution is 4.98. The summed E-state index contributed by atoms with van der Waals surface area (Å²) >= 11 is 0. The normalized spacial score (nSPS) is 31.9. The quantitative estimate of drug-likeness (QED) is 0.811. The van der Waals surface area contributed by atoms with Crippen LogP contribution >= 0.6 is 0 Å². The minimum atomic E-state index is 0.309. The molecular formula is C18H33NO. The van der Waals surface area contributed by atoms with E-state index in [1.807, 2.05) is 0 Å². The van der Waals surface area contributed by atoms with E-state index in [2.05, 4.69) is 12.2 Å². The molecule has 1 heterocycles. The molecule has 2 atom stereocenters. The Hall–Kier alpha value is -0.0800. The van der Waals surface area contributed by atoms with Crippen molar-refractivity contribution in [1.29, 1.82) is 0 Å². The first-order valence-electron chi connectivity index (χ1n) is 9.20. The number of ether oxygens (including phenoxy) is 1. The molecule has 1 saturated heterocycles. The van der Waals surface area contributed by atoms with Crippen molar-refractivity contribution in [1.82, 2.24) is 5.32 Å². The van der Waals surface area contributed by atoms with Gasteiger partial charge in [-0.3, -0.25) is 0 Å². The highest BCUT2D eigenvalue weighted by atomic mass is 16.5. The first-order chi connectivity index (χ1) is 9.83. The van der Waals surface area contributed by atoms with Gasteiger partial charge in [-0.05, 0) is 69.7 Å². The van der Waals surface area contributed by atoms with Crippen LogP contribution in [-0.4, -0.2) is 24.8 Å². The van der Waals surface area contributed by atoms with Crippen LogP contribution in [-0.2, 0) is 4.74 Å². The van der Waals surface area contributed by atoms with E-state index in [4.69, 9.17) is 4.74 Å². The van der Waals surface area contributed by atoms with Crippen LogP contribution in [0.4, 0.5) is 0 Å². The molecule has 116 valence electrons. The fourth-order valence-electron chi connectivity index (χ4n) is 4.81. The minimum absolute atomic E-state index is 0.309. The molecule has 3 aliphatic rings. The lowest BCUT2D eigenvalue weighted by atomic mass is 9.67. The Labute approximate surface area is 125 Å².